The van der Waals surface area contributed by atoms with E-state index >= 15 is 0 Å². The van der Waals surface area contributed by atoms with Gasteiger partial charge in [0, 0.05) is 35.3 Å². The first-order valence-corrected chi connectivity index (χ1v) is 11.4. The summed E-state index contributed by atoms with van der Waals surface area (Å²) in [7, 11) is 0. The second-order valence-corrected chi connectivity index (χ2v) is 9.99. The van der Waals surface area contributed by atoms with Crippen molar-refractivity contribution >= 4 is 40.6 Å². The SMILES string of the molecule is Cc1c(C=C2C(=O)NC(=O)N(C(C)(C)C)C2=O)c(=O)oc2c3c4c(cc12)CCCN4CCC3. The molecule has 3 aliphatic rings. The highest BCUT2D eigenvalue weighted by atomic mass is 16.4. The number of carbonyl (C=O) groups excluding carboxylic acids is 3. The number of barbiturate groups is 1. The van der Waals surface area contributed by atoms with Crippen molar-refractivity contribution in [2.45, 2.75) is 58.9 Å². The third kappa shape index (κ3) is 3.27. The number of urea groups is 1. The number of carbonyl (C=O) groups is 3. The molecule has 8 heteroatoms. The van der Waals surface area contributed by atoms with Crippen LogP contribution in [0.25, 0.3) is 17.0 Å². The maximum Gasteiger partial charge on any atom is 0.343 e. The van der Waals surface area contributed by atoms with Crippen LogP contribution in [0.4, 0.5) is 10.5 Å². The number of nitrogens with one attached hydrogen (secondary N) is 1. The van der Waals surface area contributed by atoms with Crippen LogP contribution < -0.4 is 15.8 Å². The highest BCUT2D eigenvalue weighted by Crippen LogP contribution is 2.40. The Morgan fingerprint density at radius 3 is 2.45 bits per heavy atom. The van der Waals surface area contributed by atoms with Crippen LogP contribution in [-0.4, -0.2) is 41.4 Å². The quantitative estimate of drug-likeness (QED) is 0.408. The number of hydrogen-bond donors (Lipinski definition) is 1. The van der Waals surface area contributed by atoms with Gasteiger partial charge in [0.05, 0.1) is 5.56 Å². The Morgan fingerprint density at radius 1 is 1.06 bits per heavy atom. The molecule has 8 nitrogen and oxygen atoms in total. The fourth-order valence-electron chi connectivity index (χ4n) is 5.25. The standard InChI is InChI=1S/C25H27N3O5/c1-13-16-11-14-7-5-9-27-10-6-8-15(19(14)27)20(16)33-23(31)17(13)12-18-21(29)26-24(32)28(22(18)30)25(2,3)4/h11-12H,5-10H2,1-4H3,(H,26,29,32). The van der Waals surface area contributed by atoms with Crippen molar-refractivity contribution in [2.75, 3.05) is 18.0 Å². The normalized spacial score (nSPS) is 19.9. The molecule has 1 aromatic carbocycles. The average Bonchev–Trinajstić information content (AvgIpc) is 2.73. The summed E-state index contributed by atoms with van der Waals surface area (Å²) in [5, 5.41) is 3.03. The molecule has 5 rings (SSSR count). The molecule has 0 aliphatic carbocycles. The Balaban J connectivity index is 1.70. The molecule has 172 valence electrons. The molecule has 1 aromatic heterocycles. The zero-order valence-corrected chi connectivity index (χ0v) is 19.3. The Hall–Kier alpha value is -3.42. The van der Waals surface area contributed by atoms with Crippen molar-refractivity contribution in [2.24, 2.45) is 0 Å². The van der Waals surface area contributed by atoms with Crippen LogP contribution in [0.2, 0.25) is 0 Å². The first kappa shape index (κ1) is 21.4. The summed E-state index contributed by atoms with van der Waals surface area (Å²) < 4.78 is 5.82. The van der Waals surface area contributed by atoms with Crippen LogP contribution in [0.3, 0.4) is 0 Å². The molecular weight excluding hydrogens is 422 g/mol. The molecule has 0 atom stereocenters. The van der Waals surface area contributed by atoms with Crippen molar-refractivity contribution in [1.29, 1.82) is 0 Å². The monoisotopic (exact) mass is 449 g/mol. The van der Waals surface area contributed by atoms with Crippen molar-refractivity contribution in [3.05, 3.63) is 44.3 Å². The Bertz CT molecular complexity index is 1330. The second kappa shape index (κ2) is 7.30. The van der Waals surface area contributed by atoms with Gasteiger partial charge in [-0.1, -0.05) is 0 Å². The first-order valence-electron chi connectivity index (χ1n) is 11.4. The van der Waals surface area contributed by atoms with Crippen LogP contribution in [-0.2, 0) is 22.4 Å². The molecule has 2 aromatic rings. The lowest BCUT2D eigenvalue weighted by Crippen LogP contribution is -2.60. The summed E-state index contributed by atoms with van der Waals surface area (Å²) in [6.07, 6.45) is 5.16. The summed E-state index contributed by atoms with van der Waals surface area (Å²) in [5.41, 5.74) is 3.23. The van der Waals surface area contributed by atoms with E-state index in [1.54, 1.807) is 20.8 Å². The number of rotatable bonds is 1. The van der Waals surface area contributed by atoms with Crippen LogP contribution in [0, 0.1) is 6.92 Å². The van der Waals surface area contributed by atoms with Gasteiger partial charge in [-0.2, -0.15) is 0 Å². The molecular formula is C25H27N3O5. The van der Waals surface area contributed by atoms with Gasteiger partial charge in [-0.05, 0) is 76.6 Å². The highest BCUT2D eigenvalue weighted by molar-refractivity contribution is 6.31. The summed E-state index contributed by atoms with van der Waals surface area (Å²) in [4.78, 5) is 54.3. The molecule has 0 saturated carbocycles. The van der Waals surface area contributed by atoms with E-state index < -0.39 is 29.0 Å². The zero-order chi connectivity index (χ0) is 23.7. The van der Waals surface area contributed by atoms with Gasteiger partial charge >= 0.3 is 11.7 Å². The predicted octanol–water partition coefficient (Wildman–Crippen LogP) is 3.06. The molecule has 0 spiro atoms. The lowest BCUT2D eigenvalue weighted by Gasteiger charge is -2.37. The van der Waals surface area contributed by atoms with Gasteiger partial charge in [0.15, 0.2) is 0 Å². The van der Waals surface area contributed by atoms with E-state index in [0.717, 1.165) is 54.6 Å². The van der Waals surface area contributed by atoms with E-state index in [0.29, 0.717) is 11.1 Å². The van der Waals surface area contributed by atoms with Crippen LogP contribution in [0.1, 0.15) is 55.9 Å². The molecule has 3 aliphatic heterocycles. The number of aryl methyl sites for hydroxylation is 3. The van der Waals surface area contributed by atoms with Crippen LogP contribution in [0.5, 0.6) is 0 Å². The van der Waals surface area contributed by atoms with Gasteiger partial charge in [0.25, 0.3) is 11.8 Å². The number of hydrogen-bond acceptors (Lipinski definition) is 6. The molecule has 1 fully saturated rings. The largest absolute Gasteiger partial charge is 0.422 e. The molecule has 1 saturated heterocycles. The lowest BCUT2D eigenvalue weighted by molar-refractivity contribution is -0.133. The summed E-state index contributed by atoms with van der Waals surface area (Å²) in [5.74, 6) is -1.55. The van der Waals surface area contributed by atoms with Crippen molar-refractivity contribution in [1.82, 2.24) is 10.2 Å². The van der Waals surface area contributed by atoms with Crippen LogP contribution >= 0.6 is 0 Å². The summed E-state index contributed by atoms with van der Waals surface area (Å²) in [6, 6.07) is 1.31. The van der Waals surface area contributed by atoms with Gasteiger partial charge in [-0.3, -0.25) is 19.8 Å². The first-order chi connectivity index (χ1) is 15.6. The lowest BCUT2D eigenvalue weighted by atomic mass is 9.88. The van der Waals surface area contributed by atoms with Crippen molar-refractivity contribution < 1.29 is 18.8 Å². The van der Waals surface area contributed by atoms with E-state index in [1.807, 2.05) is 6.92 Å². The van der Waals surface area contributed by atoms with E-state index in [-0.39, 0.29) is 11.1 Å². The molecule has 0 bridgehead atoms. The third-order valence-corrected chi connectivity index (χ3v) is 6.76. The van der Waals surface area contributed by atoms with Crippen molar-refractivity contribution in [3.63, 3.8) is 0 Å². The maximum absolute atomic E-state index is 13.1. The van der Waals surface area contributed by atoms with Gasteiger partial charge in [-0.15, -0.1) is 0 Å². The summed E-state index contributed by atoms with van der Waals surface area (Å²) in [6.45, 7) is 8.94. The molecule has 0 radical (unpaired) electrons. The van der Waals surface area contributed by atoms with Gasteiger partial charge in [0.1, 0.15) is 11.2 Å². The van der Waals surface area contributed by atoms with E-state index in [2.05, 4.69) is 16.3 Å². The minimum atomic E-state index is -0.836. The third-order valence-electron chi connectivity index (χ3n) is 6.76. The number of nitrogens with zero attached hydrogens (tertiary/aromatic N) is 2. The topological polar surface area (TPSA) is 99.9 Å². The fraction of sp³-hybridized carbons (Fsp3) is 0.440. The van der Waals surface area contributed by atoms with Crippen molar-refractivity contribution in [3.8, 4) is 0 Å². The van der Waals surface area contributed by atoms with Gasteiger partial charge < -0.3 is 9.32 Å². The molecule has 0 unspecified atom stereocenters. The highest BCUT2D eigenvalue weighted by Gasteiger charge is 2.42. The molecule has 4 heterocycles. The Morgan fingerprint density at radius 2 is 1.76 bits per heavy atom. The second-order valence-electron chi connectivity index (χ2n) is 9.99. The van der Waals surface area contributed by atoms with E-state index in [9.17, 15) is 19.2 Å². The minimum Gasteiger partial charge on any atom is -0.422 e. The number of anilines is 1. The summed E-state index contributed by atoms with van der Waals surface area (Å²) >= 11 is 0. The number of benzene rings is 1. The number of imide groups is 2. The Labute approximate surface area is 191 Å². The fourth-order valence-corrected chi connectivity index (χ4v) is 5.25. The number of amides is 4. The van der Waals surface area contributed by atoms with Gasteiger partial charge in [-0.25, -0.2) is 9.59 Å². The zero-order valence-electron chi connectivity index (χ0n) is 19.3. The minimum absolute atomic E-state index is 0.153. The van der Waals surface area contributed by atoms with E-state index in [4.69, 9.17) is 4.42 Å². The average molecular weight is 450 g/mol. The molecule has 4 amide bonds. The Kier molecular flexibility index (Phi) is 4.74. The number of fused-ring (bicyclic) bond motifs is 2. The smallest absolute Gasteiger partial charge is 0.343 e. The molecule has 1 N–H and O–H groups in total. The van der Waals surface area contributed by atoms with E-state index in [1.165, 1.54) is 17.3 Å². The van der Waals surface area contributed by atoms with Crippen LogP contribution in [0.15, 0.2) is 20.9 Å². The maximum atomic E-state index is 13.1. The molecule has 33 heavy (non-hydrogen) atoms. The predicted molar refractivity (Wildman–Crippen MR) is 124 cm³/mol. The van der Waals surface area contributed by atoms with Gasteiger partial charge in [0.2, 0.25) is 0 Å².